The summed E-state index contributed by atoms with van der Waals surface area (Å²) in [6.45, 7) is 6.44. The van der Waals surface area contributed by atoms with Crippen LogP contribution in [-0.4, -0.2) is 54.8 Å². The molecule has 1 amide bonds. The lowest BCUT2D eigenvalue weighted by molar-refractivity contribution is -0.147. The number of hydrogen-bond donors (Lipinski definition) is 1. The lowest BCUT2D eigenvalue weighted by Gasteiger charge is -2.23. The molecule has 0 aromatic heterocycles. The molecule has 1 N–H and O–H groups in total. The van der Waals surface area contributed by atoms with Gasteiger partial charge in [-0.2, -0.15) is 0 Å². The number of carboxylic acids is 1. The van der Waals surface area contributed by atoms with Crippen LogP contribution in [-0.2, 0) is 14.0 Å². The van der Waals surface area contributed by atoms with Gasteiger partial charge in [-0.3, -0.25) is 4.79 Å². The lowest BCUT2D eigenvalue weighted by atomic mass is 10.2. The summed E-state index contributed by atoms with van der Waals surface area (Å²) in [5.41, 5.74) is 0. The minimum absolute atomic E-state index is 0.185. The van der Waals surface area contributed by atoms with E-state index in [2.05, 4.69) is 0 Å². The van der Waals surface area contributed by atoms with E-state index in [-0.39, 0.29) is 17.9 Å². The fourth-order valence-electron chi connectivity index (χ4n) is 1.97. The second kappa shape index (κ2) is 5.37. The highest BCUT2D eigenvalue weighted by Crippen LogP contribution is 2.23. The molecule has 0 spiro atoms. The average Bonchev–Trinajstić information content (AvgIpc) is 2.57. The van der Waals surface area contributed by atoms with Gasteiger partial charge in [0.25, 0.3) is 0 Å². The Morgan fingerprint density at radius 1 is 1.47 bits per heavy atom. The Morgan fingerprint density at radius 3 is 2.47 bits per heavy atom. The molecular formula is C10H18ClNO4Si. The predicted octanol–water partition coefficient (Wildman–Crippen LogP) is 1.13. The molecule has 1 fully saturated rings. The summed E-state index contributed by atoms with van der Waals surface area (Å²) in [5, 5.41) is 9.06. The highest BCUT2D eigenvalue weighted by atomic mass is 35.5. The third-order valence-corrected chi connectivity index (χ3v) is 3.77. The van der Waals surface area contributed by atoms with Gasteiger partial charge in [0, 0.05) is 13.0 Å². The van der Waals surface area contributed by atoms with Crippen LogP contribution in [0.4, 0.5) is 0 Å². The summed E-state index contributed by atoms with van der Waals surface area (Å²) in [7, 11) is -1.73. The number of rotatable bonds is 4. The molecule has 0 radical (unpaired) electrons. The zero-order valence-electron chi connectivity index (χ0n) is 10.3. The number of carbonyl (C=O) groups is 2. The molecule has 0 saturated carbocycles. The van der Waals surface area contributed by atoms with Crippen molar-refractivity contribution in [2.24, 2.45) is 0 Å². The Labute approximate surface area is 107 Å². The number of alkyl halides is 1. The molecule has 1 saturated heterocycles. The number of amides is 1. The van der Waals surface area contributed by atoms with Crippen molar-refractivity contribution in [3.05, 3.63) is 0 Å². The van der Waals surface area contributed by atoms with Crippen molar-refractivity contribution in [1.82, 2.24) is 4.90 Å². The fourth-order valence-corrected chi connectivity index (χ4v) is 3.29. The molecule has 1 aliphatic heterocycles. The predicted molar refractivity (Wildman–Crippen MR) is 66.7 cm³/mol. The minimum Gasteiger partial charge on any atom is -0.480 e. The molecule has 2 unspecified atom stereocenters. The van der Waals surface area contributed by atoms with Crippen LogP contribution in [0.15, 0.2) is 0 Å². The van der Waals surface area contributed by atoms with Gasteiger partial charge in [0.2, 0.25) is 5.91 Å². The molecule has 0 aromatic rings. The van der Waals surface area contributed by atoms with Crippen molar-refractivity contribution in [1.29, 1.82) is 0 Å². The van der Waals surface area contributed by atoms with Crippen molar-refractivity contribution in [2.75, 3.05) is 12.4 Å². The second-order valence-electron chi connectivity index (χ2n) is 5.12. The van der Waals surface area contributed by atoms with Crippen molar-refractivity contribution < 1.29 is 19.1 Å². The zero-order valence-corrected chi connectivity index (χ0v) is 12.0. The SMILES string of the molecule is C[Si](C)(C)OC1CC(C(=O)O)N(C(=O)CCl)C1. The Morgan fingerprint density at radius 2 is 2.06 bits per heavy atom. The molecule has 5 nitrogen and oxygen atoms in total. The Hall–Kier alpha value is -0.593. The summed E-state index contributed by atoms with van der Waals surface area (Å²) < 4.78 is 5.84. The Kier molecular flexibility index (Phi) is 4.57. The summed E-state index contributed by atoms with van der Waals surface area (Å²) in [4.78, 5) is 23.9. The molecule has 98 valence electrons. The Balaban J connectivity index is 2.72. The molecule has 7 heteroatoms. The van der Waals surface area contributed by atoms with Crippen LogP contribution in [0, 0.1) is 0 Å². The molecule has 1 heterocycles. The highest BCUT2D eigenvalue weighted by Gasteiger charge is 2.41. The number of nitrogens with zero attached hydrogens (tertiary/aromatic N) is 1. The summed E-state index contributed by atoms with van der Waals surface area (Å²) in [6.07, 6.45) is 0.164. The third kappa shape index (κ3) is 3.97. The number of hydrogen-bond acceptors (Lipinski definition) is 3. The van der Waals surface area contributed by atoms with E-state index >= 15 is 0 Å². The van der Waals surface area contributed by atoms with E-state index in [0.717, 1.165) is 0 Å². The van der Waals surface area contributed by atoms with Gasteiger partial charge in [-0.25, -0.2) is 4.79 Å². The molecule has 2 atom stereocenters. The molecule has 0 aliphatic carbocycles. The van der Waals surface area contributed by atoms with E-state index in [1.807, 2.05) is 19.6 Å². The molecule has 0 bridgehead atoms. The first-order valence-corrected chi connectivity index (χ1v) is 9.45. The van der Waals surface area contributed by atoms with Crippen molar-refractivity contribution in [3.63, 3.8) is 0 Å². The smallest absolute Gasteiger partial charge is 0.326 e. The molecule has 1 aliphatic rings. The number of carbonyl (C=O) groups excluding carboxylic acids is 1. The van der Waals surface area contributed by atoms with Gasteiger partial charge >= 0.3 is 5.97 Å². The highest BCUT2D eigenvalue weighted by molar-refractivity contribution is 6.69. The second-order valence-corrected chi connectivity index (χ2v) is 9.85. The van der Waals surface area contributed by atoms with Crippen LogP contribution in [0.2, 0.25) is 19.6 Å². The number of halogens is 1. The van der Waals surface area contributed by atoms with E-state index in [9.17, 15) is 9.59 Å². The van der Waals surface area contributed by atoms with E-state index in [1.165, 1.54) is 4.90 Å². The fraction of sp³-hybridized carbons (Fsp3) is 0.800. The first-order valence-electron chi connectivity index (χ1n) is 5.50. The summed E-state index contributed by atoms with van der Waals surface area (Å²) in [6, 6.07) is -0.803. The maximum absolute atomic E-state index is 11.5. The topological polar surface area (TPSA) is 66.8 Å². The van der Waals surface area contributed by atoms with Crippen LogP contribution in [0.5, 0.6) is 0 Å². The number of aliphatic carboxylic acids is 1. The monoisotopic (exact) mass is 279 g/mol. The van der Waals surface area contributed by atoms with E-state index in [1.54, 1.807) is 0 Å². The van der Waals surface area contributed by atoms with Gasteiger partial charge in [-0.05, 0) is 19.6 Å². The van der Waals surface area contributed by atoms with Crippen LogP contribution in [0.1, 0.15) is 6.42 Å². The lowest BCUT2D eigenvalue weighted by Crippen LogP contribution is -2.41. The number of carboxylic acid groups (broad SMARTS) is 1. The maximum atomic E-state index is 11.5. The van der Waals surface area contributed by atoms with E-state index in [4.69, 9.17) is 21.1 Å². The summed E-state index contributed by atoms with van der Waals surface area (Å²) in [5.74, 6) is -1.53. The van der Waals surface area contributed by atoms with Crippen LogP contribution in [0.3, 0.4) is 0 Å². The van der Waals surface area contributed by atoms with Crippen molar-refractivity contribution >= 4 is 31.8 Å². The molecule has 1 rings (SSSR count). The van der Waals surface area contributed by atoms with Gasteiger partial charge < -0.3 is 14.4 Å². The van der Waals surface area contributed by atoms with E-state index in [0.29, 0.717) is 13.0 Å². The third-order valence-electron chi connectivity index (χ3n) is 2.50. The molecular weight excluding hydrogens is 262 g/mol. The first-order chi connectivity index (χ1) is 7.74. The van der Waals surface area contributed by atoms with Gasteiger partial charge in [-0.15, -0.1) is 11.6 Å². The van der Waals surface area contributed by atoms with Gasteiger partial charge in [0.05, 0.1) is 6.10 Å². The molecule has 0 aromatic carbocycles. The number of likely N-dealkylation sites (tertiary alicyclic amines) is 1. The van der Waals surface area contributed by atoms with Gasteiger partial charge in [0.15, 0.2) is 8.32 Å². The largest absolute Gasteiger partial charge is 0.480 e. The standard InChI is InChI=1S/C10H18ClNO4Si/c1-17(2,3)16-7-4-8(10(14)15)12(6-7)9(13)5-11/h7-8H,4-6H2,1-3H3,(H,14,15). The maximum Gasteiger partial charge on any atom is 0.326 e. The normalized spacial score (nSPS) is 25.1. The minimum atomic E-state index is -1.73. The van der Waals surface area contributed by atoms with Crippen LogP contribution in [0.25, 0.3) is 0 Å². The Bertz CT molecular complexity index is 318. The summed E-state index contributed by atoms with van der Waals surface area (Å²) >= 11 is 5.47. The van der Waals surface area contributed by atoms with Crippen LogP contribution < -0.4 is 0 Å². The van der Waals surface area contributed by atoms with E-state index < -0.39 is 20.3 Å². The van der Waals surface area contributed by atoms with Crippen molar-refractivity contribution in [3.8, 4) is 0 Å². The first kappa shape index (κ1) is 14.5. The zero-order chi connectivity index (χ0) is 13.2. The molecule has 17 heavy (non-hydrogen) atoms. The van der Waals surface area contributed by atoms with Crippen molar-refractivity contribution in [2.45, 2.75) is 38.2 Å². The van der Waals surface area contributed by atoms with Gasteiger partial charge in [-0.1, -0.05) is 0 Å². The van der Waals surface area contributed by atoms with Gasteiger partial charge in [0.1, 0.15) is 11.9 Å². The quantitative estimate of drug-likeness (QED) is 0.619. The average molecular weight is 280 g/mol. The van der Waals surface area contributed by atoms with Crippen LogP contribution >= 0.6 is 11.6 Å².